The fourth-order valence-corrected chi connectivity index (χ4v) is 5.49. The summed E-state index contributed by atoms with van der Waals surface area (Å²) in [5.41, 5.74) is 3.36. The van der Waals surface area contributed by atoms with Gasteiger partial charge in [0.2, 0.25) is 0 Å². The summed E-state index contributed by atoms with van der Waals surface area (Å²) in [6.07, 6.45) is 4.25. The SMILES string of the molecule is O=C(COC(=O)CSc1ccc2c3c(cccc13)C(=O)c1ccccc1-2)NC1CCCC1. The molecule has 32 heavy (non-hydrogen) atoms. The van der Waals surface area contributed by atoms with E-state index in [2.05, 4.69) is 5.32 Å². The highest BCUT2D eigenvalue weighted by Gasteiger charge is 2.25. The average molecular weight is 446 g/mol. The molecule has 0 spiro atoms. The first-order valence-electron chi connectivity index (χ1n) is 10.9. The lowest BCUT2D eigenvalue weighted by Gasteiger charge is -2.21. The van der Waals surface area contributed by atoms with Crippen molar-refractivity contribution in [1.29, 1.82) is 0 Å². The van der Waals surface area contributed by atoms with E-state index in [9.17, 15) is 14.4 Å². The topological polar surface area (TPSA) is 72.5 Å². The minimum Gasteiger partial charge on any atom is -0.455 e. The number of carbonyl (C=O) groups is 3. The van der Waals surface area contributed by atoms with Gasteiger partial charge in [0.25, 0.3) is 5.91 Å². The van der Waals surface area contributed by atoms with Gasteiger partial charge in [0.05, 0.1) is 5.75 Å². The van der Waals surface area contributed by atoms with E-state index in [0.29, 0.717) is 11.1 Å². The number of hydrogen-bond acceptors (Lipinski definition) is 5. The van der Waals surface area contributed by atoms with Gasteiger partial charge in [0, 0.05) is 27.5 Å². The van der Waals surface area contributed by atoms with Crippen LogP contribution in [0.4, 0.5) is 0 Å². The minimum absolute atomic E-state index is 0.0218. The number of nitrogens with one attached hydrogen (secondary N) is 1. The third-order valence-electron chi connectivity index (χ3n) is 6.14. The van der Waals surface area contributed by atoms with Gasteiger partial charge in [-0.3, -0.25) is 14.4 Å². The molecule has 0 aromatic heterocycles. The summed E-state index contributed by atoms with van der Waals surface area (Å²) < 4.78 is 5.17. The van der Waals surface area contributed by atoms with Crippen LogP contribution in [-0.4, -0.2) is 36.1 Å². The second-order valence-corrected chi connectivity index (χ2v) is 9.23. The van der Waals surface area contributed by atoms with Gasteiger partial charge in [-0.15, -0.1) is 11.8 Å². The van der Waals surface area contributed by atoms with E-state index in [1.54, 1.807) is 0 Å². The highest BCUT2D eigenvalue weighted by Crippen LogP contribution is 2.42. The molecule has 1 saturated carbocycles. The van der Waals surface area contributed by atoms with E-state index in [1.165, 1.54) is 11.8 Å². The van der Waals surface area contributed by atoms with Crippen molar-refractivity contribution in [2.75, 3.05) is 12.4 Å². The summed E-state index contributed by atoms with van der Waals surface area (Å²) in [6.45, 7) is -0.245. The third-order valence-corrected chi connectivity index (χ3v) is 7.18. The highest BCUT2D eigenvalue weighted by molar-refractivity contribution is 8.00. The molecule has 0 radical (unpaired) electrons. The van der Waals surface area contributed by atoms with Crippen LogP contribution in [0.2, 0.25) is 0 Å². The fraction of sp³-hybridized carbons (Fsp3) is 0.269. The molecule has 5 rings (SSSR count). The Morgan fingerprint density at radius 3 is 2.47 bits per heavy atom. The lowest BCUT2D eigenvalue weighted by Crippen LogP contribution is -2.36. The minimum atomic E-state index is -0.432. The summed E-state index contributed by atoms with van der Waals surface area (Å²) in [5.74, 6) is -0.555. The maximum Gasteiger partial charge on any atom is 0.316 e. The first kappa shape index (κ1) is 20.8. The molecule has 0 unspecified atom stereocenters. The Hall–Kier alpha value is -3.12. The van der Waals surface area contributed by atoms with E-state index in [4.69, 9.17) is 4.74 Å². The first-order valence-corrected chi connectivity index (χ1v) is 11.9. The number of fused-ring (bicyclic) bond motifs is 2. The Morgan fingerprint density at radius 1 is 0.906 bits per heavy atom. The van der Waals surface area contributed by atoms with Gasteiger partial charge in [-0.1, -0.05) is 61.4 Å². The molecule has 162 valence electrons. The Labute approximate surface area is 190 Å². The second kappa shape index (κ2) is 8.79. The normalized spacial score (nSPS) is 14.9. The number of ketones is 1. The fourth-order valence-electron chi connectivity index (χ4n) is 4.64. The molecule has 2 aliphatic rings. The molecular formula is C26H23NO4S. The van der Waals surface area contributed by atoms with Crippen molar-refractivity contribution in [3.05, 3.63) is 65.7 Å². The van der Waals surface area contributed by atoms with Crippen molar-refractivity contribution in [1.82, 2.24) is 5.32 Å². The van der Waals surface area contributed by atoms with Gasteiger partial charge in [0.15, 0.2) is 12.4 Å². The highest BCUT2D eigenvalue weighted by atomic mass is 32.2. The quantitative estimate of drug-likeness (QED) is 0.343. The smallest absolute Gasteiger partial charge is 0.316 e. The Bertz CT molecular complexity index is 1230. The number of benzene rings is 3. The van der Waals surface area contributed by atoms with E-state index < -0.39 is 5.97 Å². The van der Waals surface area contributed by atoms with Gasteiger partial charge in [-0.05, 0) is 35.4 Å². The standard InChI is InChI=1S/C26H23NO4S/c28-23(27-16-6-1-2-7-16)14-31-24(29)15-32-22-13-12-18-17-8-3-4-9-19(17)26(30)21-11-5-10-20(22)25(18)21/h3-5,8-13,16H,1-2,6-7,14-15H2,(H,27,28). The van der Waals surface area contributed by atoms with Crippen molar-refractivity contribution in [2.45, 2.75) is 36.6 Å². The van der Waals surface area contributed by atoms with Crippen LogP contribution in [0.3, 0.4) is 0 Å². The molecule has 3 aromatic rings. The van der Waals surface area contributed by atoms with E-state index >= 15 is 0 Å². The molecule has 0 aliphatic heterocycles. The van der Waals surface area contributed by atoms with Crippen molar-refractivity contribution in [3.63, 3.8) is 0 Å². The average Bonchev–Trinajstić information content (AvgIpc) is 3.33. The Balaban J connectivity index is 1.30. The first-order chi connectivity index (χ1) is 15.6. The van der Waals surface area contributed by atoms with E-state index in [-0.39, 0.29) is 30.1 Å². The summed E-state index contributed by atoms with van der Waals surface area (Å²) in [6, 6.07) is 17.6. The number of hydrogen-bond donors (Lipinski definition) is 1. The van der Waals surface area contributed by atoms with Gasteiger partial charge < -0.3 is 10.1 Å². The van der Waals surface area contributed by atoms with Crippen LogP contribution in [0.25, 0.3) is 21.9 Å². The molecule has 0 atom stereocenters. The summed E-state index contributed by atoms with van der Waals surface area (Å²) in [5, 5.41) is 4.78. The zero-order valence-electron chi connectivity index (χ0n) is 17.6. The molecule has 2 aliphatic carbocycles. The van der Waals surface area contributed by atoms with E-state index in [0.717, 1.165) is 52.5 Å². The maximum atomic E-state index is 13.0. The van der Waals surface area contributed by atoms with Crippen molar-refractivity contribution in [3.8, 4) is 11.1 Å². The number of carbonyl (C=O) groups excluding carboxylic acids is 3. The zero-order valence-corrected chi connectivity index (χ0v) is 18.4. The van der Waals surface area contributed by atoms with Gasteiger partial charge in [0.1, 0.15) is 0 Å². The molecule has 1 N–H and O–H groups in total. The van der Waals surface area contributed by atoms with Crippen LogP contribution in [-0.2, 0) is 14.3 Å². The van der Waals surface area contributed by atoms with Crippen LogP contribution in [0.15, 0.2) is 59.5 Å². The van der Waals surface area contributed by atoms with Crippen molar-refractivity contribution < 1.29 is 19.1 Å². The zero-order chi connectivity index (χ0) is 22.1. The third kappa shape index (κ3) is 3.91. The van der Waals surface area contributed by atoms with Crippen LogP contribution in [0.5, 0.6) is 0 Å². The molecule has 0 bridgehead atoms. The van der Waals surface area contributed by atoms with Crippen LogP contribution < -0.4 is 5.32 Å². The van der Waals surface area contributed by atoms with E-state index in [1.807, 2.05) is 54.6 Å². The van der Waals surface area contributed by atoms with Crippen LogP contribution >= 0.6 is 11.8 Å². The monoisotopic (exact) mass is 445 g/mol. The molecule has 0 saturated heterocycles. The predicted octanol–water partition coefficient (Wildman–Crippen LogP) is 4.75. The number of amides is 1. The van der Waals surface area contributed by atoms with Crippen LogP contribution in [0.1, 0.15) is 41.6 Å². The van der Waals surface area contributed by atoms with Gasteiger partial charge in [-0.25, -0.2) is 0 Å². The van der Waals surface area contributed by atoms with Crippen molar-refractivity contribution in [2.24, 2.45) is 0 Å². The number of rotatable bonds is 6. The van der Waals surface area contributed by atoms with Crippen LogP contribution in [0, 0.1) is 0 Å². The summed E-state index contributed by atoms with van der Waals surface area (Å²) >= 11 is 1.36. The lowest BCUT2D eigenvalue weighted by molar-refractivity contribution is -0.146. The number of ether oxygens (including phenoxy) is 1. The number of esters is 1. The molecule has 3 aromatic carbocycles. The predicted molar refractivity (Wildman–Crippen MR) is 125 cm³/mol. The Kier molecular flexibility index (Phi) is 5.70. The molecule has 6 heteroatoms. The number of thioether (sulfide) groups is 1. The lowest BCUT2D eigenvalue weighted by atomic mass is 9.83. The maximum absolute atomic E-state index is 13.0. The second-order valence-electron chi connectivity index (χ2n) is 8.21. The summed E-state index contributed by atoms with van der Waals surface area (Å²) in [7, 11) is 0. The molecule has 1 fully saturated rings. The van der Waals surface area contributed by atoms with Gasteiger partial charge in [-0.2, -0.15) is 0 Å². The molecule has 0 heterocycles. The Morgan fingerprint density at radius 2 is 1.66 bits per heavy atom. The van der Waals surface area contributed by atoms with Crippen molar-refractivity contribution >= 4 is 40.2 Å². The van der Waals surface area contributed by atoms with Gasteiger partial charge >= 0.3 is 5.97 Å². The largest absolute Gasteiger partial charge is 0.455 e. The molecular weight excluding hydrogens is 422 g/mol. The molecule has 5 nitrogen and oxygen atoms in total. The molecule has 1 amide bonds. The summed E-state index contributed by atoms with van der Waals surface area (Å²) in [4.78, 5) is 38.1.